The number of esters is 1. The van der Waals surface area contributed by atoms with Gasteiger partial charge in [-0.1, -0.05) is 89.7 Å². The highest BCUT2D eigenvalue weighted by Gasteiger charge is 2.38. The van der Waals surface area contributed by atoms with Gasteiger partial charge in [-0.15, -0.1) is 0 Å². The van der Waals surface area contributed by atoms with Crippen molar-refractivity contribution in [2.24, 2.45) is 4.99 Å². The average Bonchev–Trinajstić information content (AvgIpc) is 3.79. The van der Waals surface area contributed by atoms with E-state index in [0.717, 1.165) is 16.9 Å². The summed E-state index contributed by atoms with van der Waals surface area (Å²) in [5.41, 5.74) is 3.95. The molecular weight excluding hydrogens is 650 g/mol. The molecule has 0 N–H and O–H groups in total. The lowest BCUT2D eigenvalue weighted by molar-refractivity contribution is -0.138. The Morgan fingerprint density at radius 2 is 1.71 bits per heavy atom. The van der Waals surface area contributed by atoms with E-state index in [1.54, 1.807) is 42.2 Å². The third kappa shape index (κ3) is 4.92. The van der Waals surface area contributed by atoms with Crippen molar-refractivity contribution < 1.29 is 23.8 Å². The summed E-state index contributed by atoms with van der Waals surface area (Å²) in [4.78, 5) is 49.8. The monoisotopic (exact) mass is 675 g/mol. The molecule has 0 unspecified atom stereocenters. The second-order valence-corrected chi connectivity index (χ2v) is 12.7. The first-order valence-electron chi connectivity index (χ1n) is 15.3. The molecule has 0 spiro atoms. The number of rotatable bonds is 6. The smallest absolute Gasteiger partial charge is 0.338 e. The summed E-state index contributed by atoms with van der Waals surface area (Å²) in [5.74, 6) is 0.157. The topological polar surface area (TPSA) is 99.4 Å². The van der Waals surface area contributed by atoms with Gasteiger partial charge in [0.25, 0.3) is 11.5 Å². The fraction of sp³-hybridized carbons (Fsp3) is 0.135. The third-order valence-corrected chi connectivity index (χ3v) is 9.77. The lowest BCUT2D eigenvalue weighted by Crippen LogP contribution is -2.41. The van der Waals surface area contributed by atoms with Gasteiger partial charge in [-0.3, -0.25) is 14.2 Å². The molecule has 4 aromatic carbocycles. The minimum Gasteiger partial charge on any atom is -0.463 e. The Hall–Kier alpha value is -5.45. The van der Waals surface area contributed by atoms with E-state index in [0.29, 0.717) is 55.9 Å². The number of para-hydroxylation sites is 1. The van der Waals surface area contributed by atoms with Gasteiger partial charge in [-0.2, -0.15) is 0 Å². The Balaban J connectivity index is 1.38. The second-order valence-electron chi connectivity index (χ2n) is 11.3. The Labute approximate surface area is 283 Å². The zero-order chi connectivity index (χ0) is 32.9. The molecule has 0 bridgehead atoms. The first-order chi connectivity index (χ1) is 23.4. The predicted molar refractivity (Wildman–Crippen MR) is 182 cm³/mol. The quantitative estimate of drug-likeness (QED) is 0.229. The van der Waals surface area contributed by atoms with E-state index >= 15 is 0 Å². The van der Waals surface area contributed by atoms with Crippen LogP contribution in [0.5, 0.6) is 11.5 Å². The standard InChI is InChI=1S/C37H26ClN3O6S/c1-2-45-36(44)30-31(22-8-4-3-5-9-22)39-37-41(32(30)23-14-17-27-28(18-23)47-20-46-27)35(43)33(48-37)29-25-10-6-7-11-26(25)40(34(29)42)19-21-12-15-24(38)16-13-21/h3-18,32H,2,19-20H2,1H3/b33-29+/t32-/m1/s1. The molecule has 1 aromatic heterocycles. The number of carbonyl (C=O) groups is 2. The highest BCUT2D eigenvalue weighted by atomic mass is 35.5. The van der Waals surface area contributed by atoms with Gasteiger partial charge in [-0.25, -0.2) is 9.79 Å². The number of hydrogen-bond acceptors (Lipinski definition) is 8. The zero-order valence-electron chi connectivity index (χ0n) is 25.5. The first-order valence-corrected chi connectivity index (χ1v) is 16.5. The maximum absolute atomic E-state index is 14.7. The highest BCUT2D eigenvalue weighted by Crippen LogP contribution is 2.41. The van der Waals surface area contributed by atoms with Crippen molar-refractivity contribution in [3.05, 3.63) is 150 Å². The summed E-state index contributed by atoms with van der Waals surface area (Å²) < 4.78 is 18.5. The van der Waals surface area contributed by atoms with Crippen molar-refractivity contribution in [1.29, 1.82) is 0 Å². The van der Waals surface area contributed by atoms with Crippen LogP contribution < -0.4 is 29.3 Å². The largest absolute Gasteiger partial charge is 0.463 e. The number of amides is 1. The van der Waals surface area contributed by atoms with Gasteiger partial charge < -0.3 is 19.1 Å². The molecule has 0 aliphatic carbocycles. The van der Waals surface area contributed by atoms with Gasteiger partial charge in [0.05, 0.1) is 41.7 Å². The normalized spacial score (nSPS) is 17.2. The number of ether oxygens (including phenoxy) is 3. The zero-order valence-corrected chi connectivity index (χ0v) is 27.1. The molecule has 4 heterocycles. The lowest BCUT2D eigenvalue weighted by atomic mass is 9.93. The van der Waals surface area contributed by atoms with Crippen LogP contribution >= 0.6 is 22.9 Å². The van der Waals surface area contributed by atoms with Crippen LogP contribution in [0.1, 0.15) is 35.2 Å². The number of anilines is 1. The molecule has 0 radical (unpaired) electrons. The van der Waals surface area contributed by atoms with Crippen LogP contribution in [0.15, 0.2) is 112 Å². The summed E-state index contributed by atoms with van der Waals surface area (Å²) in [7, 11) is 0. The summed E-state index contributed by atoms with van der Waals surface area (Å²) >= 11 is 7.24. The first kappa shape index (κ1) is 29.9. The molecule has 238 valence electrons. The Morgan fingerprint density at radius 1 is 0.958 bits per heavy atom. The maximum atomic E-state index is 14.7. The van der Waals surface area contributed by atoms with E-state index in [1.807, 2.05) is 66.7 Å². The van der Waals surface area contributed by atoms with Gasteiger partial charge in [-0.05, 0) is 48.4 Å². The average molecular weight is 676 g/mol. The number of thiazole rings is 1. The molecule has 8 rings (SSSR count). The van der Waals surface area contributed by atoms with Crippen molar-refractivity contribution in [2.45, 2.75) is 19.5 Å². The van der Waals surface area contributed by atoms with E-state index in [9.17, 15) is 14.4 Å². The van der Waals surface area contributed by atoms with Gasteiger partial charge in [0.15, 0.2) is 16.3 Å². The van der Waals surface area contributed by atoms with Gasteiger partial charge in [0.2, 0.25) is 6.79 Å². The number of carbonyl (C=O) groups excluding carboxylic acids is 2. The molecule has 1 atom stereocenters. The minimum atomic E-state index is -0.934. The Morgan fingerprint density at radius 3 is 2.50 bits per heavy atom. The van der Waals surface area contributed by atoms with Gasteiger partial charge in [0, 0.05) is 16.1 Å². The third-order valence-electron chi connectivity index (χ3n) is 8.47. The number of halogens is 1. The van der Waals surface area contributed by atoms with Gasteiger partial charge >= 0.3 is 5.97 Å². The number of hydrogen-bond donors (Lipinski definition) is 0. The Kier molecular flexibility index (Phi) is 7.46. The van der Waals surface area contributed by atoms with Crippen LogP contribution in [0, 0.1) is 0 Å². The van der Waals surface area contributed by atoms with Crippen LogP contribution in [0.3, 0.4) is 0 Å². The van der Waals surface area contributed by atoms with Crippen molar-refractivity contribution in [3.63, 3.8) is 0 Å². The molecular formula is C37H26ClN3O6S. The molecule has 3 aliphatic heterocycles. The van der Waals surface area contributed by atoms with Crippen molar-refractivity contribution in [1.82, 2.24) is 4.57 Å². The number of nitrogens with zero attached hydrogens (tertiary/aromatic N) is 3. The maximum Gasteiger partial charge on any atom is 0.338 e. The Bertz CT molecular complexity index is 2350. The van der Waals surface area contributed by atoms with Crippen LogP contribution in [-0.2, 0) is 20.9 Å². The molecule has 1 amide bonds. The molecule has 9 nitrogen and oxygen atoms in total. The van der Waals surface area contributed by atoms with E-state index in [-0.39, 0.29) is 35.0 Å². The molecule has 48 heavy (non-hydrogen) atoms. The van der Waals surface area contributed by atoms with Gasteiger partial charge in [0.1, 0.15) is 4.53 Å². The van der Waals surface area contributed by atoms with E-state index < -0.39 is 17.6 Å². The fourth-order valence-electron chi connectivity index (χ4n) is 6.32. The summed E-state index contributed by atoms with van der Waals surface area (Å²) in [6.07, 6.45) is 0. The molecule has 11 heteroatoms. The second kappa shape index (κ2) is 12.0. The molecule has 0 fully saturated rings. The molecule has 0 saturated carbocycles. The summed E-state index contributed by atoms with van der Waals surface area (Å²) in [6, 6.07) is 28.4. The molecule has 0 saturated heterocycles. The SMILES string of the molecule is CCOC(=O)C1=C(c2ccccc2)N=c2s/c(=C3/C(=O)N(Cc4ccc(Cl)cc4)c4ccccc43)c(=O)n2[C@@H]1c1ccc2c(c1)OCO2. The summed E-state index contributed by atoms with van der Waals surface area (Å²) in [6.45, 7) is 2.21. The number of fused-ring (bicyclic) bond motifs is 3. The van der Waals surface area contributed by atoms with Crippen LogP contribution in [0.2, 0.25) is 5.02 Å². The van der Waals surface area contributed by atoms with Crippen molar-refractivity contribution in [3.8, 4) is 11.5 Å². The molecule has 5 aromatic rings. The minimum absolute atomic E-state index is 0.0643. The van der Waals surface area contributed by atoms with Crippen LogP contribution in [0.4, 0.5) is 5.69 Å². The van der Waals surface area contributed by atoms with E-state index in [4.69, 9.17) is 30.8 Å². The fourth-order valence-corrected chi connectivity index (χ4v) is 7.54. The highest BCUT2D eigenvalue weighted by molar-refractivity contribution is 7.07. The van der Waals surface area contributed by atoms with Crippen molar-refractivity contribution in [2.75, 3.05) is 18.3 Å². The number of aromatic nitrogens is 1. The predicted octanol–water partition coefficient (Wildman–Crippen LogP) is 5.23. The number of benzene rings is 4. The van der Waals surface area contributed by atoms with Crippen LogP contribution in [0.25, 0.3) is 11.3 Å². The van der Waals surface area contributed by atoms with E-state index in [2.05, 4.69) is 0 Å². The molecule has 3 aliphatic rings. The van der Waals surface area contributed by atoms with Crippen molar-refractivity contribution >= 4 is 51.8 Å². The van der Waals surface area contributed by atoms with Crippen LogP contribution in [-0.4, -0.2) is 29.8 Å². The lowest BCUT2D eigenvalue weighted by Gasteiger charge is -2.26. The van der Waals surface area contributed by atoms with E-state index in [1.165, 1.54) is 4.57 Å². The summed E-state index contributed by atoms with van der Waals surface area (Å²) in [5, 5.41) is 0.600.